The van der Waals surface area contributed by atoms with Gasteiger partial charge >= 0.3 is 0 Å². The SMILES string of the molecule is CC(Cc1ccc(F)c([C@@]2(C)N=C(N)N(C)C(=O)C2(C)C)c1)c1ccccc1. The third kappa shape index (κ3) is 3.19. The van der Waals surface area contributed by atoms with E-state index < -0.39 is 11.0 Å². The maximum Gasteiger partial charge on any atom is 0.237 e. The normalized spacial score (nSPS) is 22.7. The monoisotopic (exact) mass is 381 g/mol. The number of amides is 1. The molecule has 2 atom stereocenters. The van der Waals surface area contributed by atoms with Gasteiger partial charge in [-0.05, 0) is 50.3 Å². The minimum Gasteiger partial charge on any atom is -0.369 e. The topological polar surface area (TPSA) is 58.7 Å². The van der Waals surface area contributed by atoms with Crippen LogP contribution in [0.15, 0.2) is 53.5 Å². The number of aliphatic imine (C=N–C) groups is 1. The van der Waals surface area contributed by atoms with Crippen molar-refractivity contribution in [2.24, 2.45) is 16.1 Å². The molecule has 0 aliphatic carbocycles. The molecule has 5 heteroatoms. The zero-order valence-corrected chi connectivity index (χ0v) is 17.2. The standard InChI is InChI=1S/C23H28FN3O/c1-15(17-9-7-6-8-10-17)13-16-11-12-19(24)18(14-16)23(4)22(2,3)20(28)27(5)21(25)26-23/h6-12,14-15H,13H2,1-5H3,(H2,25,26)/t15?,23-/m1/s1. The molecule has 2 N–H and O–H groups in total. The molecule has 1 amide bonds. The average molecular weight is 381 g/mol. The molecule has 1 aliphatic heterocycles. The Hall–Kier alpha value is -2.69. The zero-order chi connectivity index (χ0) is 20.7. The number of rotatable bonds is 4. The van der Waals surface area contributed by atoms with E-state index in [-0.39, 0.29) is 23.6 Å². The Bertz CT molecular complexity index is 923. The van der Waals surface area contributed by atoms with Gasteiger partial charge < -0.3 is 5.73 Å². The molecule has 4 nitrogen and oxygen atoms in total. The fourth-order valence-corrected chi connectivity index (χ4v) is 3.90. The van der Waals surface area contributed by atoms with Crippen molar-refractivity contribution in [1.82, 2.24) is 4.90 Å². The van der Waals surface area contributed by atoms with E-state index in [2.05, 4.69) is 24.0 Å². The van der Waals surface area contributed by atoms with Gasteiger partial charge in [0.05, 0.1) is 5.41 Å². The van der Waals surface area contributed by atoms with Crippen molar-refractivity contribution in [1.29, 1.82) is 0 Å². The van der Waals surface area contributed by atoms with Crippen molar-refractivity contribution >= 4 is 11.9 Å². The number of carbonyl (C=O) groups is 1. The molecule has 0 radical (unpaired) electrons. The molecule has 1 aliphatic rings. The Balaban J connectivity index is 2.03. The molecule has 2 aromatic carbocycles. The van der Waals surface area contributed by atoms with E-state index in [1.807, 2.05) is 24.3 Å². The van der Waals surface area contributed by atoms with E-state index >= 15 is 0 Å². The predicted molar refractivity (Wildman–Crippen MR) is 110 cm³/mol. The van der Waals surface area contributed by atoms with E-state index in [0.717, 1.165) is 12.0 Å². The van der Waals surface area contributed by atoms with E-state index in [4.69, 9.17) is 5.73 Å². The summed E-state index contributed by atoms with van der Waals surface area (Å²) in [4.78, 5) is 18.7. The highest BCUT2D eigenvalue weighted by Crippen LogP contribution is 2.47. The van der Waals surface area contributed by atoms with Crippen molar-refractivity contribution in [3.05, 3.63) is 71.0 Å². The Morgan fingerprint density at radius 3 is 2.43 bits per heavy atom. The van der Waals surface area contributed by atoms with Gasteiger partial charge in [-0.1, -0.05) is 49.4 Å². The number of benzene rings is 2. The molecule has 0 aromatic heterocycles. The van der Waals surface area contributed by atoms with Crippen LogP contribution in [0.4, 0.5) is 4.39 Å². The third-order valence-electron chi connectivity index (χ3n) is 6.20. The van der Waals surface area contributed by atoms with Crippen molar-refractivity contribution in [3.8, 4) is 0 Å². The van der Waals surface area contributed by atoms with Crippen LogP contribution in [-0.4, -0.2) is 23.8 Å². The molecule has 148 valence electrons. The minimum atomic E-state index is -1.09. The summed E-state index contributed by atoms with van der Waals surface area (Å²) in [5, 5.41) is 0. The van der Waals surface area contributed by atoms with Crippen LogP contribution < -0.4 is 5.73 Å². The van der Waals surface area contributed by atoms with Crippen LogP contribution in [-0.2, 0) is 16.8 Å². The van der Waals surface area contributed by atoms with Gasteiger partial charge in [0.25, 0.3) is 0 Å². The van der Waals surface area contributed by atoms with Crippen LogP contribution in [0, 0.1) is 11.2 Å². The minimum absolute atomic E-state index is 0.106. The van der Waals surface area contributed by atoms with Crippen LogP contribution in [0.5, 0.6) is 0 Å². The van der Waals surface area contributed by atoms with Gasteiger partial charge in [0.2, 0.25) is 5.91 Å². The summed E-state index contributed by atoms with van der Waals surface area (Å²) in [5.74, 6) is -0.159. The number of guanidine groups is 1. The van der Waals surface area contributed by atoms with Crippen LogP contribution in [0.3, 0.4) is 0 Å². The number of hydrogen-bond donors (Lipinski definition) is 1. The molecule has 2 aromatic rings. The predicted octanol–water partition coefficient (Wildman–Crippen LogP) is 4.20. The van der Waals surface area contributed by atoms with Crippen LogP contribution >= 0.6 is 0 Å². The van der Waals surface area contributed by atoms with E-state index in [1.165, 1.54) is 16.5 Å². The summed E-state index contributed by atoms with van der Waals surface area (Å²) in [6, 6.07) is 15.3. The Morgan fingerprint density at radius 2 is 1.79 bits per heavy atom. The molecule has 1 heterocycles. The van der Waals surface area contributed by atoms with E-state index in [9.17, 15) is 9.18 Å². The van der Waals surface area contributed by atoms with Gasteiger partial charge in [0.1, 0.15) is 11.4 Å². The van der Waals surface area contributed by atoms with Gasteiger partial charge in [-0.15, -0.1) is 0 Å². The van der Waals surface area contributed by atoms with Gasteiger partial charge in [-0.25, -0.2) is 9.38 Å². The number of nitrogens with zero attached hydrogens (tertiary/aromatic N) is 2. The quantitative estimate of drug-likeness (QED) is 0.863. The highest BCUT2D eigenvalue weighted by molar-refractivity contribution is 6.01. The first-order valence-corrected chi connectivity index (χ1v) is 9.55. The molecule has 0 saturated carbocycles. The van der Waals surface area contributed by atoms with Crippen molar-refractivity contribution < 1.29 is 9.18 Å². The molecule has 28 heavy (non-hydrogen) atoms. The lowest BCUT2D eigenvalue weighted by Gasteiger charge is -2.46. The fourth-order valence-electron chi connectivity index (χ4n) is 3.90. The Kier molecular flexibility index (Phi) is 5.04. The third-order valence-corrected chi connectivity index (χ3v) is 6.20. The highest BCUT2D eigenvalue weighted by Gasteiger charge is 2.53. The van der Waals surface area contributed by atoms with Gasteiger partial charge in [0.15, 0.2) is 5.96 Å². The number of carbonyl (C=O) groups excluding carboxylic acids is 1. The van der Waals surface area contributed by atoms with Crippen LogP contribution in [0.25, 0.3) is 0 Å². The maximum atomic E-state index is 14.9. The van der Waals surface area contributed by atoms with Crippen LogP contribution in [0.2, 0.25) is 0 Å². The smallest absolute Gasteiger partial charge is 0.237 e. The summed E-state index contributed by atoms with van der Waals surface area (Å²) in [5.41, 5.74) is 6.60. The van der Waals surface area contributed by atoms with Gasteiger partial charge in [-0.3, -0.25) is 9.69 Å². The highest BCUT2D eigenvalue weighted by atomic mass is 19.1. The van der Waals surface area contributed by atoms with Crippen molar-refractivity contribution in [2.75, 3.05) is 7.05 Å². The maximum absolute atomic E-state index is 14.9. The second-order valence-corrected chi connectivity index (χ2v) is 8.36. The van der Waals surface area contributed by atoms with Gasteiger partial charge in [0, 0.05) is 12.6 Å². The lowest BCUT2D eigenvalue weighted by Crippen LogP contribution is -2.58. The molecule has 3 rings (SSSR count). The Labute approximate surface area is 166 Å². The Morgan fingerprint density at radius 1 is 1.14 bits per heavy atom. The number of halogens is 1. The molecule has 0 spiro atoms. The zero-order valence-electron chi connectivity index (χ0n) is 17.2. The lowest BCUT2D eigenvalue weighted by molar-refractivity contribution is -0.140. The molecular formula is C23H28FN3O. The summed E-state index contributed by atoms with van der Waals surface area (Å²) >= 11 is 0. The first-order valence-electron chi connectivity index (χ1n) is 9.55. The molecular weight excluding hydrogens is 353 g/mol. The van der Waals surface area contributed by atoms with Crippen molar-refractivity contribution in [3.63, 3.8) is 0 Å². The van der Waals surface area contributed by atoms with Crippen LogP contribution in [0.1, 0.15) is 50.3 Å². The largest absolute Gasteiger partial charge is 0.369 e. The van der Waals surface area contributed by atoms with Gasteiger partial charge in [-0.2, -0.15) is 0 Å². The van der Waals surface area contributed by atoms with E-state index in [0.29, 0.717) is 5.56 Å². The summed E-state index contributed by atoms with van der Waals surface area (Å²) in [6.45, 7) is 7.52. The second kappa shape index (κ2) is 7.04. The first-order chi connectivity index (χ1) is 13.1. The molecule has 1 unspecified atom stereocenters. The number of hydrogen-bond acceptors (Lipinski definition) is 3. The average Bonchev–Trinajstić information content (AvgIpc) is 2.67. The summed E-state index contributed by atoms with van der Waals surface area (Å²) in [7, 11) is 1.59. The molecule has 0 saturated heterocycles. The van der Waals surface area contributed by atoms with E-state index in [1.54, 1.807) is 33.9 Å². The summed E-state index contributed by atoms with van der Waals surface area (Å²) < 4.78 is 14.9. The summed E-state index contributed by atoms with van der Waals surface area (Å²) in [6.07, 6.45) is 0.765. The lowest BCUT2D eigenvalue weighted by atomic mass is 9.67. The molecule has 0 bridgehead atoms. The molecule has 0 fully saturated rings. The number of nitrogens with two attached hydrogens (primary N) is 1. The fraction of sp³-hybridized carbons (Fsp3) is 0.391. The second-order valence-electron chi connectivity index (χ2n) is 8.36. The van der Waals surface area contributed by atoms with Crippen molar-refractivity contribution in [2.45, 2.75) is 45.6 Å². The first kappa shape index (κ1) is 20.1.